The molecule has 2 rings (SSSR count). The van der Waals surface area contributed by atoms with Crippen LogP contribution in [-0.2, 0) is 4.74 Å². The molecule has 116 valence electrons. The van der Waals surface area contributed by atoms with Gasteiger partial charge in [0.25, 0.3) is 5.91 Å². The summed E-state index contributed by atoms with van der Waals surface area (Å²) >= 11 is 6.13. The molecule has 1 aliphatic rings. The number of ether oxygens (including phenoxy) is 2. The predicted octanol–water partition coefficient (Wildman–Crippen LogP) is 2.77. The van der Waals surface area contributed by atoms with E-state index in [9.17, 15) is 4.79 Å². The van der Waals surface area contributed by atoms with Crippen LogP contribution in [0.5, 0.6) is 5.88 Å². The molecule has 0 saturated carbocycles. The third-order valence-electron chi connectivity index (χ3n) is 3.11. The monoisotopic (exact) mass is 312 g/mol. The molecule has 0 bridgehead atoms. The summed E-state index contributed by atoms with van der Waals surface area (Å²) in [5.41, 5.74) is 0.470. The lowest BCUT2D eigenvalue weighted by Crippen LogP contribution is -2.48. The summed E-state index contributed by atoms with van der Waals surface area (Å²) in [6.45, 7) is 8.86. The van der Waals surface area contributed by atoms with Gasteiger partial charge in [-0.3, -0.25) is 4.79 Å². The molecule has 5 nitrogen and oxygen atoms in total. The van der Waals surface area contributed by atoms with Crippen molar-refractivity contribution in [1.82, 2.24) is 9.88 Å². The van der Waals surface area contributed by atoms with Crippen LogP contribution in [0, 0.1) is 0 Å². The molecule has 1 aromatic rings. The van der Waals surface area contributed by atoms with Crippen molar-refractivity contribution in [3.8, 4) is 5.88 Å². The molecular formula is C15H21ClN2O3. The molecule has 1 aliphatic heterocycles. The first-order chi connectivity index (χ1) is 9.86. The summed E-state index contributed by atoms with van der Waals surface area (Å²) < 4.78 is 11.1. The predicted molar refractivity (Wildman–Crippen MR) is 80.9 cm³/mol. The van der Waals surface area contributed by atoms with Crippen LogP contribution in [0.25, 0.3) is 0 Å². The summed E-state index contributed by atoms with van der Waals surface area (Å²) in [6.07, 6.45) is 1.56. The second kappa shape index (κ2) is 6.62. The highest BCUT2D eigenvalue weighted by Gasteiger charge is 2.27. The molecule has 0 radical (unpaired) electrons. The van der Waals surface area contributed by atoms with Crippen LogP contribution in [0.15, 0.2) is 12.3 Å². The average molecular weight is 313 g/mol. The first-order valence-electron chi connectivity index (χ1n) is 7.13. The van der Waals surface area contributed by atoms with Gasteiger partial charge >= 0.3 is 0 Å². The van der Waals surface area contributed by atoms with E-state index in [0.29, 0.717) is 29.6 Å². The average Bonchev–Trinajstić information content (AvgIpc) is 2.38. The first-order valence-corrected chi connectivity index (χ1v) is 7.51. The molecule has 1 amide bonds. The number of hydrogen-bond donors (Lipinski definition) is 0. The van der Waals surface area contributed by atoms with Crippen LogP contribution in [0.2, 0.25) is 5.02 Å². The smallest absolute Gasteiger partial charge is 0.255 e. The fraction of sp³-hybridized carbons (Fsp3) is 0.600. The standard InChI is InChI=1S/C15H21ClN2O3/c1-9(2)20-14-13(16)5-12(6-17-14)15(19)18-7-10(3)21-11(4)8-18/h5-6,9-11H,7-8H2,1-4H3/t10-,11-/m1/s1. The largest absolute Gasteiger partial charge is 0.474 e. The Balaban J connectivity index is 2.14. The Hall–Kier alpha value is -1.33. The Morgan fingerprint density at radius 3 is 2.57 bits per heavy atom. The summed E-state index contributed by atoms with van der Waals surface area (Å²) in [4.78, 5) is 18.4. The minimum atomic E-state index is -0.0810. The Morgan fingerprint density at radius 1 is 1.43 bits per heavy atom. The van der Waals surface area contributed by atoms with Gasteiger partial charge in [-0.05, 0) is 33.8 Å². The number of amides is 1. The number of hydrogen-bond acceptors (Lipinski definition) is 4. The van der Waals surface area contributed by atoms with E-state index >= 15 is 0 Å². The lowest BCUT2D eigenvalue weighted by atomic mass is 10.2. The van der Waals surface area contributed by atoms with Crippen LogP contribution >= 0.6 is 11.6 Å². The molecule has 1 aromatic heterocycles. The van der Waals surface area contributed by atoms with E-state index in [1.165, 1.54) is 6.20 Å². The van der Waals surface area contributed by atoms with Gasteiger partial charge in [0.15, 0.2) is 0 Å². The molecule has 1 fully saturated rings. The van der Waals surface area contributed by atoms with Crippen molar-refractivity contribution in [3.63, 3.8) is 0 Å². The minimum absolute atomic E-state index is 0.0162. The number of nitrogens with zero attached hydrogens (tertiary/aromatic N) is 2. The van der Waals surface area contributed by atoms with E-state index in [1.54, 1.807) is 11.0 Å². The van der Waals surface area contributed by atoms with Gasteiger partial charge in [-0.15, -0.1) is 0 Å². The number of aromatic nitrogens is 1. The molecule has 21 heavy (non-hydrogen) atoms. The highest BCUT2D eigenvalue weighted by atomic mass is 35.5. The van der Waals surface area contributed by atoms with Crippen molar-refractivity contribution >= 4 is 17.5 Å². The SMILES string of the molecule is CC(C)Oc1ncc(C(=O)N2C[C@@H](C)O[C@H](C)C2)cc1Cl. The van der Waals surface area contributed by atoms with Crippen LogP contribution in [0.4, 0.5) is 0 Å². The molecular weight excluding hydrogens is 292 g/mol. The summed E-state index contributed by atoms with van der Waals surface area (Å²) in [5.74, 6) is 0.273. The zero-order chi connectivity index (χ0) is 15.6. The Morgan fingerprint density at radius 2 is 2.05 bits per heavy atom. The Kier molecular flexibility index (Phi) is 5.06. The van der Waals surface area contributed by atoms with Gasteiger partial charge in [0.1, 0.15) is 5.02 Å². The fourth-order valence-electron chi connectivity index (χ4n) is 2.38. The number of carbonyl (C=O) groups is 1. The summed E-state index contributed by atoms with van der Waals surface area (Å²) in [5, 5.41) is 0.351. The van der Waals surface area contributed by atoms with E-state index < -0.39 is 0 Å². The number of rotatable bonds is 3. The van der Waals surface area contributed by atoms with E-state index in [0.717, 1.165) is 0 Å². The Bertz CT molecular complexity index is 512. The Labute approximate surface area is 130 Å². The maximum Gasteiger partial charge on any atom is 0.255 e. The highest BCUT2D eigenvalue weighted by Crippen LogP contribution is 2.24. The van der Waals surface area contributed by atoms with Gasteiger partial charge in [0, 0.05) is 19.3 Å². The van der Waals surface area contributed by atoms with Crippen LogP contribution in [0.1, 0.15) is 38.1 Å². The topological polar surface area (TPSA) is 51.7 Å². The molecule has 1 saturated heterocycles. The maximum atomic E-state index is 12.5. The minimum Gasteiger partial charge on any atom is -0.474 e. The van der Waals surface area contributed by atoms with Gasteiger partial charge in [0.05, 0.1) is 23.9 Å². The molecule has 2 heterocycles. The van der Waals surface area contributed by atoms with Gasteiger partial charge in [-0.1, -0.05) is 11.6 Å². The number of morpholine rings is 1. The number of carbonyl (C=O) groups excluding carboxylic acids is 1. The normalized spacial score (nSPS) is 22.5. The van der Waals surface area contributed by atoms with Crippen molar-refractivity contribution in [2.24, 2.45) is 0 Å². The zero-order valence-corrected chi connectivity index (χ0v) is 13.6. The van der Waals surface area contributed by atoms with Crippen molar-refractivity contribution in [3.05, 3.63) is 22.8 Å². The highest BCUT2D eigenvalue weighted by molar-refractivity contribution is 6.32. The van der Waals surface area contributed by atoms with E-state index in [-0.39, 0.29) is 24.2 Å². The van der Waals surface area contributed by atoms with Crippen LogP contribution < -0.4 is 4.74 Å². The molecule has 0 N–H and O–H groups in total. The third-order valence-corrected chi connectivity index (χ3v) is 3.38. The van der Waals surface area contributed by atoms with Gasteiger partial charge < -0.3 is 14.4 Å². The molecule has 0 unspecified atom stereocenters. The molecule has 2 atom stereocenters. The molecule has 6 heteroatoms. The lowest BCUT2D eigenvalue weighted by molar-refractivity contribution is -0.0586. The lowest BCUT2D eigenvalue weighted by Gasteiger charge is -2.35. The first kappa shape index (κ1) is 16.0. The summed E-state index contributed by atoms with van der Waals surface area (Å²) in [7, 11) is 0. The van der Waals surface area contributed by atoms with Crippen molar-refractivity contribution in [2.75, 3.05) is 13.1 Å². The van der Waals surface area contributed by atoms with Gasteiger partial charge in [0.2, 0.25) is 5.88 Å². The van der Waals surface area contributed by atoms with Gasteiger partial charge in [-0.25, -0.2) is 4.98 Å². The van der Waals surface area contributed by atoms with E-state index in [1.807, 2.05) is 27.7 Å². The molecule has 0 aromatic carbocycles. The van der Waals surface area contributed by atoms with Crippen LogP contribution in [-0.4, -0.2) is 47.2 Å². The second-order valence-electron chi connectivity index (χ2n) is 5.65. The number of pyridine rings is 1. The maximum absolute atomic E-state index is 12.5. The van der Waals surface area contributed by atoms with Crippen molar-refractivity contribution < 1.29 is 14.3 Å². The van der Waals surface area contributed by atoms with Crippen molar-refractivity contribution in [2.45, 2.75) is 46.0 Å². The quantitative estimate of drug-likeness (QED) is 0.861. The molecule has 0 spiro atoms. The van der Waals surface area contributed by atoms with E-state index in [4.69, 9.17) is 21.1 Å². The zero-order valence-electron chi connectivity index (χ0n) is 12.8. The van der Waals surface area contributed by atoms with E-state index in [2.05, 4.69) is 4.98 Å². The van der Waals surface area contributed by atoms with Gasteiger partial charge in [-0.2, -0.15) is 0 Å². The number of halogens is 1. The second-order valence-corrected chi connectivity index (χ2v) is 6.05. The summed E-state index contributed by atoms with van der Waals surface area (Å²) in [6, 6.07) is 1.61. The van der Waals surface area contributed by atoms with Crippen LogP contribution in [0.3, 0.4) is 0 Å². The third kappa shape index (κ3) is 4.08. The molecule has 0 aliphatic carbocycles. The fourth-order valence-corrected chi connectivity index (χ4v) is 2.59. The van der Waals surface area contributed by atoms with Crippen molar-refractivity contribution in [1.29, 1.82) is 0 Å².